The molecule has 1 fully saturated rings. The van der Waals surface area contributed by atoms with Crippen LogP contribution in [0.4, 0.5) is 0 Å². The van der Waals surface area contributed by atoms with Crippen LogP contribution in [0.2, 0.25) is 0 Å². The van der Waals surface area contributed by atoms with E-state index < -0.39 is 0 Å². The van der Waals surface area contributed by atoms with Gasteiger partial charge < -0.3 is 10.5 Å². The molecule has 0 amide bonds. The van der Waals surface area contributed by atoms with Crippen molar-refractivity contribution in [1.82, 2.24) is 0 Å². The van der Waals surface area contributed by atoms with Gasteiger partial charge in [0.05, 0.1) is 12.4 Å². The van der Waals surface area contributed by atoms with Gasteiger partial charge in [-0.1, -0.05) is 18.2 Å². The Labute approximate surface area is 96.3 Å². The summed E-state index contributed by atoms with van der Waals surface area (Å²) in [5.74, 6) is 2.33. The fourth-order valence-corrected chi connectivity index (χ4v) is 1.49. The summed E-state index contributed by atoms with van der Waals surface area (Å²) in [4.78, 5) is 4.33. The molecule has 3 heteroatoms. The second-order valence-corrected chi connectivity index (χ2v) is 4.10. The number of amidine groups is 1. The molecular formula is C13H18N2O. The molecule has 0 radical (unpaired) electrons. The summed E-state index contributed by atoms with van der Waals surface area (Å²) >= 11 is 0. The molecule has 0 unspecified atom stereocenters. The molecule has 0 saturated heterocycles. The number of hydrogen-bond donors (Lipinski definition) is 1. The normalized spacial score (nSPS) is 16.1. The number of ether oxygens (including phenoxy) is 1. The van der Waals surface area contributed by atoms with Crippen LogP contribution in [-0.4, -0.2) is 19.0 Å². The first-order valence-corrected chi connectivity index (χ1v) is 5.84. The van der Waals surface area contributed by atoms with Crippen molar-refractivity contribution >= 4 is 5.84 Å². The summed E-state index contributed by atoms with van der Waals surface area (Å²) in [6.07, 6.45) is 3.36. The smallest absolute Gasteiger partial charge is 0.119 e. The maximum absolute atomic E-state index is 5.78. The van der Waals surface area contributed by atoms with Crippen LogP contribution in [0.3, 0.4) is 0 Å². The number of nitrogens with zero attached hydrogens (tertiary/aromatic N) is 1. The van der Waals surface area contributed by atoms with E-state index in [0.29, 0.717) is 12.5 Å². The first-order valence-electron chi connectivity index (χ1n) is 5.84. The lowest BCUT2D eigenvalue weighted by Crippen LogP contribution is -2.14. The third-order valence-electron chi connectivity index (χ3n) is 2.60. The second-order valence-electron chi connectivity index (χ2n) is 4.10. The molecule has 0 aliphatic heterocycles. The Kier molecular flexibility index (Phi) is 3.81. The number of benzene rings is 1. The van der Waals surface area contributed by atoms with E-state index in [1.165, 1.54) is 12.8 Å². The van der Waals surface area contributed by atoms with Gasteiger partial charge in [0.1, 0.15) is 5.75 Å². The summed E-state index contributed by atoms with van der Waals surface area (Å²) in [6.45, 7) is 1.47. The van der Waals surface area contributed by atoms with Crippen LogP contribution in [0.15, 0.2) is 35.3 Å². The quantitative estimate of drug-likeness (QED) is 0.452. The average Bonchev–Trinajstić information content (AvgIpc) is 3.13. The Hall–Kier alpha value is -1.51. The van der Waals surface area contributed by atoms with Crippen molar-refractivity contribution in [3.05, 3.63) is 30.3 Å². The molecule has 3 nitrogen and oxygen atoms in total. The maximum Gasteiger partial charge on any atom is 0.119 e. The van der Waals surface area contributed by atoms with Gasteiger partial charge in [-0.25, -0.2) is 0 Å². The molecule has 0 spiro atoms. The molecule has 86 valence electrons. The summed E-state index contributed by atoms with van der Waals surface area (Å²) in [5.41, 5.74) is 5.78. The standard InChI is InChI=1S/C13H18N2O/c14-13(11-7-8-11)15-9-4-10-16-12-5-2-1-3-6-12/h1-3,5-6,11H,4,7-10H2,(H2,14,15). The first-order chi connectivity index (χ1) is 7.86. The molecule has 2 rings (SSSR count). The van der Waals surface area contributed by atoms with Crippen LogP contribution < -0.4 is 10.5 Å². The Morgan fingerprint density at radius 2 is 2.06 bits per heavy atom. The zero-order valence-corrected chi connectivity index (χ0v) is 9.43. The first kappa shape index (κ1) is 11.0. The third-order valence-corrected chi connectivity index (χ3v) is 2.60. The Balaban J connectivity index is 1.60. The molecule has 0 atom stereocenters. The Morgan fingerprint density at radius 3 is 2.75 bits per heavy atom. The van der Waals surface area contributed by atoms with Crippen molar-refractivity contribution in [2.75, 3.05) is 13.2 Å². The van der Waals surface area contributed by atoms with Crippen LogP contribution >= 0.6 is 0 Å². The van der Waals surface area contributed by atoms with Crippen molar-refractivity contribution in [3.63, 3.8) is 0 Å². The van der Waals surface area contributed by atoms with E-state index in [9.17, 15) is 0 Å². The van der Waals surface area contributed by atoms with Gasteiger partial charge in [0.15, 0.2) is 0 Å². The Morgan fingerprint density at radius 1 is 1.31 bits per heavy atom. The molecule has 0 aromatic heterocycles. The van der Waals surface area contributed by atoms with E-state index in [-0.39, 0.29) is 0 Å². The molecule has 1 aromatic carbocycles. The van der Waals surface area contributed by atoms with Gasteiger partial charge in [-0.05, 0) is 25.0 Å². The highest BCUT2D eigenvalue weighted by atomic mass is 16.5. The number of nitrogens with two attached hydrogens (primary N) is 1. The molecule has 16 heavy (non-hydrogen) atoms. The maximum atomic E-state index is 5.78. The second kappa shape index (κ2) is 5.54. The summed E-state index contributed by atoms with van der Waals surface area (Å²) in [7, 11) is 0. The molecule has 1 aromatic rings. The predicted octanol–water partition coefficient (Wildman–Crippen LogP) is 2.22. The largest absolute Gasteiger partial charge is 0.494 e. The minimum Gasteiger partial charge on any atom is -0.494 e. The van der Waals surface area contributed by atoms with Crippen molar-refractivity contribution in [3.8, 4) is 5.75 Å². The molecule has 1 saturated carbocycles. The molecular weight excluding hydrogens is 200 g/mol. The summed E-state index contributed by atoms with van der Waals surface area (Å²) in [6, 6.07) is 9.84. The third kappa shape index (κ3) is 3.57. The van der Waals surface area contributed by atoms with Gasteiger partial charge in [0.25, 0.3) is 0 Å². The van der Waals surface area contributed by atoms with E-state index in [2.05, 4.69) is 4.99 Å². The zero-order valence-electron chi connectivity index (χ0n) is 9.43. The topological polar surface area (TPSA) is 47.6 Å². The highest BCUT2D eigenvalue weighted by molar-refractivity contribution is 5.84. The summed E-state index contributed by atoms with van der Waals surface area (Å²) < 4.78 is 5.55. The average molecular weight is 218 g/mol. The van der Waals surface area contributed by atoms with Gasteiger partial charge in [0.2, 0.25) is 0 Å². The van der Waals surface area contributed by atoms with Crippen LogP contribution in [0.25, 0.3) is 0 Å². The lowest BCUT2D eigenvalue weighted by Gasteiger charge is -2.04. The number of aliphatic imine (C=N–C) groups is 1. The van der Waals surface area contributed by atoms with E-state index in [1.807, 2.05) is 30.3 Å². The van der Waals surface area contributed by atoms with Crippen LogP contribution in [-0.2, 0) is 0 Å². The van der Waals surface area contributed by atoms with E-state index in [0.717, 1.165) is 24.6 Å². The highest BCUT2D eigenvalue weighted by Crippen LogP contribution is 2.28. The minimum absolute atomic E-state index is 0.579. The van der Waals surface area contributed by atoms with Gasteiger partial charge in [0, 0.05) is 18.9 Å². The van der Waals surface area contributed by atoms with Crippen LogP contribution in [0, 0.1) is 5.92 Å². The number of rotatable bonds is 6. The number of para-hydroxylation sites is 1. The van der Waals surface area contributed by atoms with Crippen molar-refractivity contribution in [2.45, 2.75) is 19.3 Å². The monoisotopic (exact) mass is 218 g/mol. The molecule has 2 N–H and O–H groups in total. The fourth-order valence-electron chi connectivity index (χ4n) is 1.49. The van der Waals surface area contributed by atoms with Crippen molar-refractivity contribution in [2.24, 2.45) is 16.6 Å². The van der Waals surface area contributed by atoms with E-state index in [4.69, 9.17) is 10.5 Å². The summed E-state index contributed by atoms with van der Waals surface area (Å²) in [5, 5.41) is 0. The predicted molar refractivity (Wildman–Crippen MR) is 65.8 cm³/mol. The van der Waals surface area contributed by atoms with Crippen molar-refractivity contribution in [1.29, 1.82) is 0 Å². The highest BCUT2D eigenvalue weighted by Gasteiger charge is 2.24. The lowest BCUT2D eigenvalue weighted by molar-refractivity contribution is 0.313. The molecule has 0 bridgehead atoms. The van der Waals surface area contributed by atoms with E-state index >= 15 is 0 Å². The molecule has 1 aliphatic carbocycles. The number of hydrogen-bond acceptors (Lipinski definition) is 2. The van der Waals surface area contributed by atoms with Crippen LogP contribution in [0.1, 0.15) is 19.3 Å². The van der Waals surface area contributed by atoms with Gasteiger partial charge >= 0.3 is 0 Å². The zero-order chi connectivity index (χ0) is 11.2. The molecule has 0 heterocycles. The minimum atomic E-state index is 0.579. The lowest BCUT2D eigenvalue weighted by atomic mass is 10.3. The fraction of sp³-hybridized carbons (Fsp3) is 0.462. The van der Waals surface area contributed by atoms with Gasteiger partial charge in [-0.15, -0.1) is 0 Å². The Bertz CT molecular complexity index is 344. The van der Waals surface area contributed by atoms with Gasteiger partial charge in [-0.2, -0.15) is 0 Å². The van der Waals surface area contributed by atoms with Gasteiger partial charge in [-0.3, -0.25) is 4.99 Å². The SMILES string of the molecule is NC(=NCCCOc1ccccc1)C1CC1. The van der Waals surface area contributed by atoms with Crippen LogP contribution in [0.5, 0.6) is 5.75 Å². The molecule has 1 aliphatic rings. The van der Waals surface area contributed by atoms with E-state index in [1.54, 1.807) is 0 Å². The van der Waals surface area contributed by atoms with Crippen molar-refractivity contribution < 1.29 is 4.74 Å².